The van der Waals surface area contributed by atoms with Gasteiger partial charge in [-0.25, -0.2) is 9.97 Å². The Morgan fingerprint density at radius 3 is 2.62 bits per heavy atom. The summed E-state index contributed by atoms with van der Waals surface area (Å²) < 4.78 is 1.89. The third-order valence-corrected chi connectivity index (χ3v) is 3.05. The van der Waals surface area contributed by atoms with Crippen LogP contribution in [0.5, 0.6) is 0 Å². The molecule has 104 valence electrons. The third-order valence-electron chi connectivity index (χ3n) is 3.05. The van der Waals surface area contributed by atoms with Crippen molar-refractivity contribution in [3.05, 3.63) is 67.1 Å². The number of hydrogen-bond donors (Lipinski definition) is 0. The topological polar surface area (TPSA) is 43.6 Å². The summed E-state index contributed by atoms with van der Waals surface area (Å²) in [5.41, 5.74) is 4.06. The molecule has 1 aromatic carbocycles. The van der Waals surface area contributed by atoms with Crippen molar-refractivity contribution in [2.45, 2.75) is 13.5 Å². The fraction of sp³-hybridized carbons (Fsp3) is 0.118. The molecule has 4 nitrogen and oxygen atoms in total. The maximum absolute atomic E-state index is 4.57. The van der Waals surface area contributed by atoms with E-state index in [0.717, 1.165) is 34.8 Å². The highest BCUT2D eigenvalue weighted by atomic mass is 15.3. The molecule has 21 heavy (non-hydrogen) atoms. The first-order valence-corrected chi connectivity index (χ1v) is 6.78. The standard InChI is InChI=1S/C17H16N4/c1-13(2)12-21-10-7-16(20-21)14-5-3-6-15(11-14)17-18-8-4-9-19-17/h3-11H,1,12H2,2H3. The second kappa shape index (κ2) is 5.71. The van der Waals surface area contributed by atoms with E-state index in [4.69, 9.17) is 0 Å². The van der Waals surface area contributed by atoms with Crippen LogP contribution in [0.4, 0.5) is 0 Å². The van der Waals surface area contributed by atoms with Crippen molar-refractivity contribution >= 4 is 0 Å². The predicted octanol–water partition coefficient (Wildman–Crippen LogP) is 3.58. The van der Waals surface area contributed by atoms with Gasteiger partial charge in [0, 0.05) is 29.7 Å². The van der Waals surface area contributed by atoms with Crippen LogP contribution in [0.2, 0.25) is 0 Å². The summed E-state index contributed by atoms with van der Waals surface area (Å²) in [6.45, 7) is 6.64. The zero-order valence-electron chi connectivity index (χ0n) is 11.9. The molecule has 0 saturated carbocycles. The first-order valence-electron chi connectivity index (χ1n) is 6.78. The van der Waals surface area contributed by atoms with Gasteiger partial charge in [0.15, 0.2) is 5.82 Å². The Bertz CT molecular complexity index is 759. The molecule has 0 unspecified atom stereocenters. The largest absolute Gasteiger partial charge is 0.268 e. The Morgan fingerprint density at radius 2 is 1.86 bits per heavy atom. The van der Waals surface area contributed by atoms with E-state index in [1.54, 1.807) is 12.4 Å². The third kappa shape index (κ3) is 3.05. The van der Waals surface area contributed by atoms with E-state index in [2.05, 4.69) is 27.7 Å². The first-order chi connectivity index (χ1) is 10.2. The van der Waals surface area contributed by atoms with Crippen molar-refractivity contribution in [3.63, 3.8) is 0 Å². The number of nitrogens with zero attached hydrogens (tertiary/aromatic N) is 4. The van der Waals surface area contributed by atoms with E-state index in [-0.39, 0.29) is 0 Å². The van der Waals surface area contributed by atoms with Gasteiger partial charge in [-0.15, -0.1) is 0 Å². The van der Waals surface area contributed by atoms with Crippen LogP contribution in [0.25, 0.3) is 22.6 Å². The van der Waals surface area contributed by atoms with Gasteiger partial charge in [0.2, 0.25) is 0 Å². The van der Waals surface area contributed by atoms with Gasteiger partial charge in [-0.3, -0.25) is 4.68 Å². The van der Waals surface area contributed by atoms with Crippen LogP contribution in [-0.4, -0.2) is 19.7 Å². The van der Waals surface area contributed by atoms with Crippen molar-refractivity contribution < 1.29 is 0 Å². The molecule has 0 saturated heterocycles. The lowest BCUT2D eigenvalue weighted by atomic mass is 10.1. The van der Waals surface area contributed by atoms with Gasteiger partial charge in [0.25, 0.3) is 0 Å². The molecule has 0 N–H and O–H groups in total. The zero-order chi connectivity index (χ0) is 14.7. The Kier molecular flexibility index (Phi) is 3.60. The average Bonchev–Trinajstić information content (AvgIpc) is 2.96. The SMILES string of the molecule is C=C(C)Cn1ccc(-c2cccc(-c3ncccn3)c2)n1. The Morgan fingerprint density at radius 1 is 1.10 bits per heavy atom. The molecule has 3 aromatic rings. The quantitative estimate of drug-likeness (QED) is 0.684. The smallest absolute Gasteiger partial charge is 0.159 e. The Balaban J connectivity index is 1.93. The van der Waals surface area contributed by atoms with Crippen LogP contribution in [0.3, 0.4) is 0 Å². The highest BCUT2D eigenvalue weighted by Crippen LogP contribution is 2.23. The molecule has 0 aliphatic heterocycles. The van der Waals surface area contributed by atoms with E-state index >= 15 is 0 Å². The zero-order valence-corrected chi connectivity index (χ0v) is 11.9. The lowest BCUT2D eigenvalue weighted by Gasteiger charge is -2.03. The molecule has 0 radical (unpaired) electrons. The van der Waals surface area contributed by atoms with Crippen LogP contribution >= 0.6 is 0 Å². The first kappa shape index (κ1) is 13.2. The Hall–Kier alpha value is -2.75. The second-order valence-electron chi connectivity index (χ2n) is 5.01. The van der Waals surface area contributed by atoms with Crippen molar-refractivity contribution in [3.8, 4) is 22.6 Å². The molecule has 0 bridgehead atoms. The lowest BCUT2D eigenvalue weighted by molar-refractivity contribution is 0.681. The molecule has 2 aromatic heterocycles. The minimum atomic E-state index is 0.723. The van der Waals surface area contributed by atoms with Gasteiger partial charge < -0.3 is 0 Å². The highest BCUT2D eigenvalue weighted by Gasteiger charge is 2.06. The summed E-state index contributed by atoms with van der Waals surface area (Å²) in [7, 11) is 0. The minimum Gasteiger partial charge on any atom is -0.268 e. The van der Waals surface area contributed by atoms with Gasteiger partial charge in [-0.1, -0.05) is 30.4 Å². The summed E-state index contributed by atoms with van der Waals surface area (Å²) in [5, 5.41) is 4.57. The average molecular weight is 276 g/mol. The Labute approximate surface area is 123 Å². The van der Waals surface area contributed by atoms with Crippen molar-refractivity contribution in [1.29, 1.82) is 0 Å². The van der Waals surface area contributed by atoms with Crippen LogP contribution in [0, 0.1) is 0 Å². The molecule has 0 atom stereocenters. The summed E-state index contributed by atoms with van der Waals surface area (Å²) in [4.78, 5) is 8.56. The summed E-state index contributed by atoms with van der Waals surface area (Å²) >= 11 is 0. The number of hydrogen-bond acceptors (Lipinski definition) is 3. The van der Waals surface area contributed by atoms with E-state index in [1.165, 1.54) is 0 Å². The van der Waals surface area contributed by atoms with Gasteiger partial charge in [0.1, 0.15) is 0 Å². The summed E-state index contributed by atoms with van der Waals surface area (Å²) in [6, 6.07) is 11.9. The van der Waals surface area contributed by atoms with E-state index < -0.39 is 0 Å². The summed E-state index contributed by atoms with van der Waals surface area (Å²) in [6.07, 6.45) is 5.46. The number of rotatable bonds is 4. The number of allylic oxidation sites excluding steroid dienone is 1. The summed E-state index contributed by atoms with van der Waals surface area (Å²) in [5.74, 6) is 0.723. The maximum Gasteiger partial charge on any atom is 0.159 e. The predicted molar refractivity (Wildman–Crippen MR) is 83.5 cm³/mol. The molecule has 2 heterocycles. The van der Waals surface area contributed by atoms with Crippen molar-refractivity contribution in [1.82, 2.24) is 19.7 Å². The molecule has 0 aliphatic rings. The molecular formula is C17H16N4. The fourth-order valence-corrected chi connectivity index (χ4v) is 2.15. The van der Waals surface area contributed by atoms with Crippen molar-refractivity contribution in [2.24, 2.45) is 0 Å². The van der Waals surface area contributed by atoms with Crippen LogP contribution < -0.4 is 0 Å². The molecule has 0 amide bonds. The maximum atomic E-state index is 4.57. The van der Waals surface area contributed by atoms with E-state index in [1.807, 2.05) is 48.1 Å². The van der Waals surface area contributed by atoms with Gasteiger partial charge in [-0.2, -0.15) is 5.10 Å². The molecular weight excluding hydrogens is 260 g/mol. The number of aromatic nitrogens is 4. The fourth-order valence-electron chi connectivity index (χ4n) is 2.15. The van der Waals surface area contributed by atoms with E-state index in [9.17, 15) is 0 Å². The highest BCUT2D eigenvalue weighted by molar-refractivity contribution is 5.67. The second-order valence-corrected chi connectivity index (χ2v) is 5.01. The van der Waals surface area contributed by atoms with E-state index in [0.29, 0.717) is 0 Å². The number of benzene rings is 1. The molecule has 0 aliphatic carbocycles. The van der Waals surface area contributed by atoms with Gasteiger partial charge in [0.05, 0.1) is 12.2 Å². The van der Waals surface area contributed by atoms with Crippen molar-refractivity contribution in [2.75, 3.05) is 0 Å². The monoisotopic (exact) mass is 276 g/mol. The van der Waals surface area contributed by atoms with Gasteiger partial charge >= 0.3 is 0 Å². The van der Waals surface area contributed by atoms with Crippen LogP contribution in [0.1, 0.15) is 6.92 Å². The van der Waals surface area contributed by atoms with Crippen LogP contribution in [0.15, 0.2) is 67.1 Å². The molecule has 0 spiro atoms. The normalized spacial score (nSPS) is 10.5. The molecule has 4 heteroatoms. The molecule has 0 fully saturated rings. The minimum absolute atomic E-state index is 0.723. The van der Waals surface area contributed by atoms with Crippen LogP contribution in [-0.2, 0) is 6.54 Å². The lowest BCUT2D eigenvalue weighted by Crippen LogP contribution is -1.98. The van der Waals surface area contributed by atoms with Gasteiger partial charge in [-0.05, 0) is 25.1 Å². The molecule has 3 rings (SSSR count).